The summed E-state index contributed by atoms with van der Waals surface area (Å²) < 4.78 is 0.816. The molecule has 2 N–H and O–H groups in total. The van der Waals surface area contributed by atoms with Crippen LogP contribution < -0.4 is 5.32 Å². The second kappa shape index (κ2) is 4.05. The summed E-state index contributed by atoms with van der Waals surface area (Å²) in [6.07, 6.45) is 0. The number of hydrogen-bond donors (Lipinski definition) is 2. The summed E-state index contributed by atoms with van der Waals surface area (Å²) in [5.41, 5.74) is 2.30. The second-order valence-corrected chi connectivity index (χ2v) is 3.83. The number of aromatic nitrogens is 2. The molecule has 0 bridgehead atoms. The van der Waals surface area contributed by atoms with Crippen LogP contribution in [0.25, 0.3) is 0 Å². The van der Waals surface area contributed by atoms with E-state index >= 15 is 0 Å². The van der Waals surface area contributed by atoms with Gasteiger partial charge >= 0.3 is 0 Å². The van der Waals surface area contributed by atoms with Crippen LogP contribution in [0.1, 0.15) is 31.2 Å². The molecule has 3 nitrogen and oxygen atoms in total. The average Bonchev–Trinajstić information content (AvgIpc) is 2.32. The highest BCUT2D eigenvalue weighted by Gasteiger charge is 2.10. The molecule has 1 aromatic rings. The van der Waals surface area contributed by atoms with Gasteiger partial charge in [-0.15, -0.1) is 0 Å². The third-order valence-electron chi connectivity index (χ3n) is 1.68. The summed E-state index contributed by atoms with van der Waals surface area (Å²) in [5.74, 6) is 0.468. The maximum absolute atomic E-state index is 4.35. The molecule has 1 aromatic heterocycles. The molecule has 0 saturated heterocycles. The highest BCUT2D eigenvalue weighted by atomic mass is 79.9. The minimum absolute atomic E-state index is 0.468. The smallest absolute Gasteiger partial charge is 0.174 e. The van der Waals surface area contributed by atoms with Crippen molar-refractivity contribution in [2.24, 2.45) is 0 Å². The van der Waals surface area contributed by atoms with Crippen LogP contribution in [0, 0.1) is 0 Å². The molecule has 0 unspecified atom stereocenters. The van der Waals surface area contributed by atoms with Gasteiger partial charge in [-0.3, -0.25) is 0 Å². The van der Waals surface area contributed by atoms with E-state index in [2.05, 4.69) is 45.1 Å². The lowest BCUT2D eigenvalue weighted by Crippen LogP contribution is -2.08. The first-order valence-electron chi connectivity index (χ1n) is 4.04. The molecule has 0 aromatic carbocycles. The number of rotatable bonds is 3. The second-order valence-electron chi connectivity index (χ2n) is 3.08. The van der Waals surface area contributed by atoms with Crippen molar-refractivity contribution in [3.8, 4) is 0 Å². The van der Waals surface area contributed by atoms with Crippen LogP contribution in [-0.4, -0.2) is 17.0 Å². The van der Waals surface area contributed by atoms with Gasteiger partial charge in [0.25, 0.3) is 0 Å². The molecule has 68 valence electrons. The lowest BCUT2D eigenvalue weighted by molar-refractivity contribution is 0.750. The SMILES string of the molecule is CNCc1[nH]c(Br)nc1C(C)C. The highest BCUT2D eigenvalue weighted by molar-refractivity contribution is 9.10. The summed E-state index contributed by atoms with van der Waals surface area (Å²) in [6.45, 7) is 5.12. The summed E-state index contributed by atoms with van der Waals surface area (Å²) in [4.78, 5) is 7.52. The Labute approximate surface area is 81.1 Å². The Morgan fingerprint density at radius 3 is 2.75 bits per heavy atom. The van der Waals surface area contributed by atoms with E-state index < -0.39 is 0 Å². The van der Waals surface area contributed by atoms with Crippen molar-refractivity contribution in [1.29, 1.82) is 0 Å². The molecular formula is C8H14BrN3. The minimum atomic E-state index is 0.468. The Morgan fingerprint density at radius 1 is 1.58 bits per heavy atom. The molecule has 0 aliphatic rings. The summed E-state index contributed by atoms with van der Waals surface area (Å²) in [7, 11) is 1.93. The molecule has 1 heterocycles. The van der Waals surface area contributed by atoms with Crippen LogP contribution in [-0.2, 0) is 6.54 Å². The van der Waals surface area contributed by atoms with Crippen molar-refractivity contribution in [2.45, 2.75) is 26.3 Å². The topological polar surface area (TPSA) is 40.7 Å². The van der Waals surface area contributed by atoms with E-state index in [9.17, 15) is 0 Å². The van der Waals surface area contributed by atoms with Crippen LogP contribution in [0.15, 0.2) is 4.73 Å². The van der Waals surface area contributed by atoms with Gasteiger partial charge in [0.2, 0.25) is 0 Å². The third-order valence-corrected chi connectivity index (χ3v) is 2.06. The Hall–Kier alpha value is -0.350. The molecule has 12 heavy (non-hydrogen) atoms. The molecule has 0 atom stereocenters. The number of nitrogens with one attached hydrogen (secondary N) is 2. The van der Waals surface area contributed by atoms with Crippen molar-refractivity contribution in [1.82, 2.24) is 15.3 Å². The predicted molar refractivity (Wildman–Crippen MR) is 53.1 cm³/mol. The standard InChI is InChI=1S/C8H14BrN3/c1-5(2)7-6(4-10-3)11-8(9)12-7/h5,10H,4H2,1-3H3,(H,11,12). The summed E-state index contributed by atoms with van der Waals surface area (Å²) >= 11 is 3.33. The van der Waals surface area contributed by atoms with Crippen molar-refractivity contribution in [2.75, 3.05) is 7.05 Å². The quantitative estimate of drug-likeness (QED) is 0.836. The number of nitrogens with zero attached hydrogens (tertiary/aromatic N) is 1. The van der Waals surface area contributed by atoms with Crippen LogP contribution in [0.4, 0.5) is 0 Å². The van der Waals surface area contributed by atoms with Crippen molar-refractivity contribution in [3.05, 3.63) is 16.1 Å². The van der Waals surface area contributed by atoms with Gasteiger partial charge in [-0.05, 0) is 28.9 Å². The Bertz CT molecular complexity index is 255. The van der Waals surface area contributed by atoms with Crippen molar-refractivity contribution < 1.29 is 0 Å². The van der Waals surface area contributed by atoms with E-state index in [-0.39, 0.29) is 0 Å². The zero-order valence-corrected chi connectivity index (χ0v) is 9.20. The van der Waals surface area contributed by atoms with Gasteiger partial charge in [-0.25, -0.2) is 4.98 Å². The van der Waals surface area contributed by atoms with Crippen molar-refractivity contribution in [3.63, 3.8) is 0 Å². The molecule has 4 heteroatoms. The van der Waals surface area contributed by atoms with Gasteiger partial charge in [-0.1, -0.05) is 13.8 Å². The van der Waals surface area contributed by atoms with Gasteiger partial charge in [0.1, 0.15) is 0 Å². The fraction of sp³-hybridized carbons (Fsp3) is 0.625. The van der Waals surface area contributed by atoms with Crippen LogP contribution in [0.2, 0.25) is 0 Å². The zero-order chi connectivity index (χ0) is 9.14. The molecule has 0 saturated carbocycles. The van der Waals surface area contributed by atoms with E-state index in [1.54, 1.807) is 0 Å². The molecule has 0 radical (unpaired) electrons. The number of H-pyrrole nitrogens is 1. The maximum Gasteiger partial charge on any atom is 0.174 e. The maximum atomic E-state index is 4.35. The first-order valence-corrected chi connectivity index (χ1v) is 4.83. The lowest BCUT2D eigenvalue weighted by Gasteiger charge is -2.03. The molecule has 0 amide bonds. The number of aromatic amines is 1. The predicted octanol–water partition coefficient (Wildman–Crippen LogP) is 2.01. The minimum Gasteiger partial charge on any atom is -0.335 e. The molecule has 0 spiro atoms. The normalized spacial score (nSPS) is 11.1. The van der Waals surface area contributed by atoms with Gasteiger partial charge in [0, 0.05) is 6.54 Å². The molecular weight excluding hydrogens is 218 g/mol. The van der Waals surface area contributed by atoms with Crippen LogP contribution in [0.3, 0.4) is 0 Å². The summed E-state index contributed by atoms with van der Waals surface area (Å²) in [6, 6.07) is 0. The van der Waals surface area contributed by atoms with Gasteiger partial charge in [-0.2, -0.15) is 0 Å². The van der Waals surface area contributed by atoms with E-state index in [0.717, 1.165) is 17.0 Å². The monoisotopic (exact) mass is 231 g/mol. The fourth-order valence-electron chi connectivity index (χ4n) is 1.18. The number of hydrogen-bond acceptors (Lipinski definition) is 2. The Balaban J connectivity index is 2.92. The van der Waals surface area contributed by atoms with Crippen LogP contribution in [0.5, 0.6) is 0 Å². The summed E-state index contributed by atoms with van der Waals surface area (Å²) in [5, 5.41) is 3.10. The van der Waals surface area contributed by atoms with Crippen LogP contribution >= 0.6 is 15.9 Å². The van der Waals surface area contributed by atoms with E-state index in [1.807, 2.05) is 7.05 Å². The Kier molecular flexibility index (Phi) is 3.29. The zero-order valence-electron chi connectivity index (χ0n) is 7.61. The van der Waals surface area contributed by atoms with Crippen molar-refractivity contribution >= 4 is 15.9 Å². The first-order chi connectivity index (χ1) is 5.65. The highest BCUT2D eigenvalue weighted by Crippen LogP contribution is 2.19. The number of imidazole rings is 1. The molecule has 1 rings (SSSR count). The molecule has 0 fully saturated rings. The fourth-order valence-corrected chi connectivity index (χ4v) is 1.61. The Morgan fingerprint density at radius 2 is 2.25 bits per heavy atom. The van der Waals surface area contributed by atoms with E-state index in [0.29, 0.717) is 5.92 Å². The third kappa shape index (κ3) is 2.08. The lowest BCUT2D eigenvalue weighted by atomic mass is 10.1. The number of halogens is 1. The van der Waals surface area contributed by atoms with Gasteiger partial charge in [0.05, 0.1) is 11.4 Å². The first kappa shape index (κ1) is 9.74. The molecule has 0 aliphatic heterocycles. The average molecular weight is 232 g/mol. The van der Waals surface area contributed by atoms with Gasteiger partial charge < -0.3 is 10.3 Å². The largest absolute Gasteiger partial charge is 0.335 e. The molecule has 0 aliphatic carbocycles. The van der Waals surface area contributed by atoms with E-state index in [1.165, 1.54) is 5.69 Å². The van der Waals surface area contributed by atoms with Gasteiger partial charge in [0.15, 0.2) is 4.73 Å². The van der Waals surface area contributed by atoms with E-state index in [4.69, 9.17) is 0 Å².